The van der Waals surface area contributed by atoms with Crippen LogP contribution in [0.5, 0.6) is 11.5 Å². The van der Waals surface area contributed by atoms with Crippen LogP contribution in [0.4, 0.5) is 0 Å². The zero-order valence-corrected chi connectivity index (χ0v) is 16.2. The number of rotatable bonds is 6. The van der Waals surface area contributed by atoms with Gasteiger partial charge in [-0.2, -0.15) is 0 Å². The van der Waals surface area contributed by atoms with Gasteiger partial charge >= 0.3 is 5.97 Å². The molecule has 0 aliphatic rings. The standard InChI is InChI=1S/C21H32O3/c1-9-10-11-21(7,8)17-13-15(24-19(23)14(2)3)12-16(18(17)22)20(4,5)6/h12-13,22H,2,9-11H2,1,3-8H3. The first-order chi connectivity index (χ1) is 10.9. The van der Waals surface area contributed by atoms with E-state index in [2.05, 4.69) is 27.4 Å². The average Bonchev–Trinajstić information content (AvgIpc) is 2.45. The van der Waals surface area contributed by atoms with E-state index in [1.807, 2.05) is 20.8 Å². The number of unbranched alkanes of at least 4 members (excludes halogenated alkanes) is 1. The lowest BCUT2D eigenvalue weighted by Crippen LogP contribution is -2.21. The summed E-state index contributed by atoms with van der Waals surface area (Å²) in [6.45, 7) is 17.8. The maximum Gasteiger partial charge on any atom is 0.338 e. The quantitative estimate of drug-likeness (QED) is 0.416. The Balaban J connectivity index is 3.46. The van der Waals surface area contributed by atoms with Crippen molar-refractivity contribution in [3.05, 3.63) is 35.4 Å². The minimum atomic E-state index is -0.446. The van der Waals surface area contributed by atoms with Crippen LogP contribution >= 0.6 is 0 Å². The van der Waals surface area contributed by atoms with Crippen molar-refractivity contribution in [2.45, 2.75) is 78.6 Å². The lowest BCUT2D eigenvalue weighted by molar-refractivity contribution is -0.130. The van der Waals surface area contributed by atoms with Crippen LogP contribution in [0, 0.1) is 0 Å². The molecule has 0 unspecified atom stereocenters. The van der Waals surface area contributed by atoms with Crippen molar-refractivity contribution >= 4 is 5.97 Å². The number of esters is 1. The Morgan fingerprint density at radius 3 is 2.17 bits per heavy atom. The molecule has 3 nitrogen and oxygen atoms in total. The Labute approximate surface area is 146 Å². The third-order valence-corrected chi connectivity index (χ3v) is 4.33. The molecule has 0 saturated carbocycles. The first kappa shape index (κ1) is 20.3. The molecule has 0 saturated heterocycles. The highest BCUT2D eigenvalue weighted by Gasteiger charge is 2.29. The van der Waals surface area contributed by atoms with Crippen molar-refractivity contribution in [3.63, 3.8) is 0 Å². The van der Waals surface area contributed by atoms with Gasteiger partial charge in [0.15, 0.2) is 0 Å². The molecular weight excluding hydrogens is 300 g/mol. The molecule has 0 fully saturated rings. The van der Waals surface area contributed by atoms with Gasteiger partial charge in [-0.25, -0.2) is 4.79 Å². The van der Waals surface area contributed by atoms with Crippen molar-refractivity contribution in [1.82, 2.24) is 0 Å². The minimum Gasteiger partial charge on any atom is -0.507 e. The second-order valence-electron chi connectivity index (χ2n) is 8.27. The molecule has 0 bridgehead atoms. The number of benzene rings is 1. The number of carbonyl (C=O) groups excluding carboxylic acids is 1. The zero-order valence-electron chi connectivity index (χ0n) is 16.2. The lowest BCUT2D eigenvalue weighted by Gasteiger charge is -2.30. The van der Waals surface area contributed by atoms with Crippen molar-refractivity contribution in [2.75, 3.05) is 0 Å². The van der Waals surface area contributed by atoms with E-state index in [-0.39, 0.29) is 10.8 Å². The highest BCUT2D eigenvalue weighted by atomic mass is 16.5. The van der Waals surface area contributed by atoms with Gasteiger partial charge in [0.1, 0.15) is 11.5 Å². The normalized spacial score (nSPS) is 12.1. The van der Waals surface area contributed by atoms with Crippen molar-refractivity contribution in [1.29, 1.82) is 0 Å². The van der Waals surface area contributed by atoms with Gasteiger partial charge in [-0.1, -0.05) is 61.0 Å². The van der Waals surface area contributed by atoms with Gasteiger partial charge < -0.3 is 9.84 Å². The summed E-state index contributed by atoms with van der Waals surface area (Å²) < 4.78 is 5.46. The Kier molecular flexibility index (Phi) is 6.26. The maximum absolute atomic E-state index is 11.9. The molecule has 0 aromatic heterocycles. The van der Waals surface area contributed by atoms with E-state index in [9.17, 15) is 9.90 Å². The Morgan fingerprint density at radius 2 is 1.71 bits per heavy atom. The van der Waals surface area contributed by atoms with E-state index in [0.29, 0.717) is 17.1 Å². The predicted octanol–water partition coefficient (Wildman–Crippen LogP) is 5.64. The SMILES string of the molecule is C=C(C)C(=O)Oc1cc(C(C)(C)C)c(O)c(C(C)(C)CCCC)c1. The number of hydrogen-bond acceptors (Lipinski definition) is 3. The second-order valence-corrected chi connectivity index (χ2v) is 8.27. The van der Waals surface area contributed by atoms with Crippen LogP contribution in [0.25, 0.3) is 0 Å². The molecule has 1 aromatic carbocycles. The van der Waals surface area contributed by atoms with Crippen LogP contribution in [0.1, 0.15) is 78.9 Å². The summed E-state index contributed by atoms with van der Waals surface area (Å²) in [6, 6.07) is 3.55. The van der Waals surface area contributed by atoms with Crippen LogP contribution in [-0.2, 0) is 15.6 Å². The monoisotopic (exact) mass is 332 g/mol. The molecule has 0 atom stereocenters. The summed E-state index contributed by atoms with van der Waals surface area (Å²) in [5, 5.41) is 10.9. The van der Waals surface area contributed by atoms with Crippen molar-refractivity contribution in [2.24, 2.45) is 0 Å². The molecule has 0 amide bonds. The molecule has 1 N–H and O–H groups in total. The van der Waals surface area contributed by atoms with Crippen LogP contribution in [0.2, 0.25) is 0 Å². The Bertz CT molecular complexity index is 619. The first-order valence-corrected chi connectivity index (χ1v) is 8.65. The van der Waals surface area contributed by atoms with Crippen molar-refractivity contribution in [3.8, 4) is 11.5 Å². The molecule has 0 heterocycles. The van der Waals surface area contributed by atoms with E-state index in [1.165, 1.54) is 0 Å². The third kappa shape index (κ3) is 4.86. The average molecular weight is 332 g/mol. The summed E-state index contributed by atoms with van der Waals surface area (Å²) in [5.74, 6) is 0.321. The van der Waals surface area contributed by atoms with Crippen molar-refractivity contribution < 1.29 is 14.6 Å². The number of ether oxygens (including phenoxy) is 1. The molecule has 1 rings (SSSR count). The van der Waals surface area contributed by atoms with E-state index in [0.717, 1.165) is 30.4 Å². The van der Waals surface area contributed by atoms with Crippen LogP contribution in [-0.4, -0.2) is 11.1 Å². The van der Waals surface area contributed by atoms with Gasteiger partial charge in [-0.3, -0.25) is 0 Å². The minimum absolute atomic E-state index is 0.203. The molecule has 24 heavy (non-hydrogen) atoms. The van der Waals surface area contributed by atoms with E-state index in [4.69, 9.17) is 4.74 Å². The summed E-state index contributed by atoms with van der Waals surface area (Å²) in [5.41, 5.74) is 1.51. The lowest BCUT2D eigenvalue weighted by atomic mass is 9.76. The summed E-state index contributed by atoms with van der Waals surface area (Å²) in [7, 11) is 0. The van der Waals surface area contributed by atoms with Gasteiger partial charge in [-0.05, 0) is 36.3 Å². The Morgan fingerprint density at radius 1 is 1.17 bits per heavy atom. The summed E-state index contributed by atoms with van der Waals surface area (Å²) in [6.07, 6.45) is 3.13. The van der Waals surface area contributed by atoms with Gasteiger partial charge in [-0.15, -0.1) is 0 Å². The predicted molar refractivity (Wildman–Crippen MR) is 99.8 cm³/mol. The second kappa shape index (κ2) is 7.42. The molecule has 0 aliphatic heterocycles. The van der Waals surface area contributed by atoms with Gasteiger partial charge in [0.2, 0.25) is 0 Å². The highest BCUT2D eigenvalue weighted by Crippen LogP contribution is 2.43. The Hall–Kier alpha value is -1.77. The molecule has 3 heteroatoms. The summed E-state index contributed by atoms with van der Waals surface area (Å²) >= 11 is 0. The van der Waals surface area contributed by atoms with Crippen LogP contribution < -0.4 is 4.74 Å². The van der Waals surface area contributed by atoms with Gasteiger partial charge in [0, 0.05) is 16.7 Å². The fourth-order valence-corrected chi connectivity index (χ4v) is 2.70. The van der Waals surface area contributed by atoms with E-state index in [1.54, 1.807) is 19.1 Å². The third-order valence-electron chi connectivity index (χ3n) is 4.33. The first-order valence-electron chi connectivity index (χ1n) is 8.65. The number of aromatic hydroxyl groups is 1. The number of phenolic OH excluding ortho intramolecular Hbond substituents is 1. The smallest absolute Gasteiger partial charge is 0.338 e. The molecule has 134 valence electrons. The van der Waals surface area contributed by atoms with Crippen LogP contribution in [0.15, 0.2) is 24.3 Å². The van der Waals surface area contributed by atoms with Gasteiger partial charge in [0.05, 0.1) is 0 Å². The van der Waals surface area contributed by atoms with Crippen LogP contribution in [0.3, 0.4) is 0 Å². The van der Waals surface area contributed by atoms with E-state index < -0.39 is 5.97 Å². The topological polar surface area (TPSA) is 46.5 Å². The highest BCUT2D eigenvalue weighted by molar-refractivity contribution is 5.88. The largest absolute Gasteiger partial charge is 0.507 e. The molecule has 1 aromatic rings. The zero-order chi connectivity index (χ0) is 18.7. The fraction of sp³-hybridized carbons (Fsp3) is 0.571. The molecular formula is C21H32O3. The molecule has 0 radical (unpaired) electrons. The number of hydrogen-bond donors (Lipinski definition) is 1. The fourth-order valence-electron chi connectivity index (χ4n) is 2.70. The molecule has 0 spiro atoms. The number of carbonyl (C=O) groups is 1. The molecule has 0 aliphatic carbocycles. The van der Waals surface area contributed by atoms with E-state index >= 15 is 0 Å². The number of phenols is 1. The summed E-state index contributed by atoms with van der Waals surface area (Å²) in [4.78, 5) is 11.9. The maximum atomic E-state index is 11.9. The van der Waals surface area contributed by atoms with Gasteiger partial charge in [0.25, 0.3) is 0 Å².